The number of hydrogen-bond donors (Lipinski definition) is 0. The van der Waals surface area contributed by atoms with Gasteiger partial charge in [0.1, 0.15) is 5.82 Å². The molecule has 0 radical (unpaired) electrons. The van der Waals surface area contributed by atoms with E-state index in [1.165, 1.54) is 17.4 Å². The molecule has 2 aromatic carbocycles. The second kappa shape index (κ2) is 6.93. The lowest BCUT2D eigenvalue weighted by Gasteiger charge is -2.14. The van der Waals surface area contributed by atoms with Crippen molar-refractivity contribution in [2.75, 3.05) is 11.9 Å². The third kappa shape index (κ3) is 3.51. The van der Waals surface area contributed by atoms with Crippen molar-refractivity contribution in [3.63, 3.8) is 0 Å². The summed E-state index contributed by atoms with van der Waals surface area (Å²) in [6.45, 7) is 1.90. The molecule has 122 valence electrons. The summed E-state index contributed by atoms with van der Waals surface area (Å²) in [6.07, 6.45) is 0.284. The fourth-order valence-electron chi connectivity index (χ4n) is 2.39. The summed E-state index contributed by atoms with van der Waals surface area (Å²) in [5, 5.41) is 2.61. The Balaban J connectivity index is 1.72. The average Bonchev–Trinajstić information content (AvgIpc) is 3.02. The van der Waals surface area contributed by atoms with Crippen LogP contribution in [0.4, 0.5) is 9.52 Å². The third-order valence-electron chi connectivity index (χ3n) is 3.76. The number of aryl methyl sites for hydroxylation is 1. The first-order chi connectivity index (χ1) is 11.5. The molecule has 0 unspecified atom stereocenters. The number of hydrogen-bond acceptors (Lipinski definition) is 3. The first-order valence-electron chi connectivity index (χ1n) is 7.57. The van der Waals surface area contributed by atoms with Crippen molar-refractivity contribution in [1.29, 1.82) is 0 Å². The van der Waals surface area contributed by atoms with Gasteiger partial charge in [-0.1, -0.05) is 42.5 Å². The molecule has 0 spiro atoms. The maximum atomic E-state index is 13.8. The van der Waals surface area contributed by atoms with Crippen LogP contribution in [0.1, 0.15) is 11.3 Å². The lowest BCUT2D eigenvalue weighted by atomic mass is 10.0. The summed E-state index contributed by atoms with van der Waals surface area (Å²) < 4.78 is 13.8. The van der Waals surface area contributed by atoms with E-state index in [0.717, 1.165) is 16.8 Å². The Morgan fingerprint density at radius 3 is 2.50 bits per heavy atom. The van der Waals surface area contributed by atoms with Crippen LogP contribution in [-0.4, -0.2) is 17.9 Å². The third-order valence-corrected chi connectivity index (χ3v) is 4.80. The summed E-state index contributed by atoms with van der Waals surface area (Å²) in [5.74, 6) is -0.275. The average molecular weight is 340 g/mol. The molecule has 0 saturated heterocycles. The van der Waals surface area contributed by atoms with Crippen molar-refractivity contribution in [3.05, 3.63) is 71.0 Å². The molecule has 1 aromatic heterocycles. The van der Waals surface area contributed by atoms with E-state index in [1.807, 2.05) is 36.6 Å². The molecule has 0 bridgehead atoms. The maximum absolute atomic E-state index is 13.8. The summed E-state index contributed by atoms with van der Waals surface area (Å²) in [5.41, 5.74) is 3.16. The number of rotatable bonds is 4. The van der Waals surface area contributed by atoms with E-state index in [4.69, 9.17) is 0 Å². The van der Waals surface area contributed by atoms with Crippen molar-refractivity contribution in [2.24, 2.45) is 0 Å². The van der Waals surface area contributed by atoms with Crippen molar-refractivity contribution in [2.45, 2.75) is 13.3 Å². The van der Waals surface area contributed by atoms with E-state index in [1.54, 1.807) is 30.1 Å². The van der Waals surface area contributed by atoms with Crippen molar-refractivity contribution >= 4 is 22.4 Å². The number of carbonyl (C=O) groups is 1. The zero-order valence-corrected chi connectivity index (χ0v) is 14.3. The van der Waals surface area contributed by atoms with Crippen molar-refractivity contribution < 1.29 is 9.18 Å². The Hall–Kier alpha value is -2.53. The molecule has 0 saturated carbocycles. The number of carbonyl (C=O) groups excluding carboxylic acids is 1. The molecule has 3 rings (SSSR count). The van der Waals surface area contributed by atoms with E-state index < -0.39 is 0 Å². The Morgan fingerprint density at radius 2 is 1.88 bits per heavy atom. The Labute approximate surface area is 144 Å². The first kappa shape index (κ1) is 16.3. The highest BCUT2D eigenvalue weighted by Gasteiger charge is 2.14. The normalized spacial score (nSPS) is 10.6. The molecular formula is C19H17FN2OS. The smallest absolute Gasteiger partial charge is 0.232 e. The van der Waals surface area contributed by atoms with E-state index in [0.29, 0.717) is 10.7 Å². The van der Waals surface area contributed by atoms with Gasteiger partial charge in [0.25, 0.3) is 0 Å². The Bertz CT molecular complexity index is 858. The lowest BCUT2D eigenvalue weighted by molar-refractivity contribution is -0.117. The topological polar surface area (TPSA) is 33.2 Å². The van der Waals surface area contributed by atoms with Crippen LogP contribution in [0.25, 0.3) is 11.1 Å². The molecule has 0 atom stereocenters. The van der Waals surface area contributed by atoms with Crippen LogP contribution >= 0.6 is 11.3 Å². The van der Waals surface area contributed by atoms with Gasteiger partial charge in [-0.15, -0.1) is 11.3 Å². The highest BCUT2D eigenvalue weighted by Crippen LogP contribution is 2.23. The highest BCUT2D eigenvalue weighted by molar-refractivity contribution is 7.14. The first-order valence-corrected chi connectivity index (χ1v) is 8.45. The quantitative estimate of drug-likeness (QED) is 0.702. The van der Waals surface area contributed by atoms with E-state index in [-0.39, 0.29) is 18.1 Å². The monoisotopic (exact) mass is 340 g/mol. The number of halogens is 1. The summed E-state index contributed by atoms with van der Waals surface area (Å²) in [6, 6.07) is 14.1. The molecule has 1 heterocycles. The summed E-state index contributed by atoms with van der Waals surface area (Å²) >= 11 is 1.45. The van der Waals surface area contributed by atoms with Gasteiger partial charge in [0, 0.05) is 18.0 Å². The van der Waals surface area contributed by atoms with Crippen molar-refractivity contribution in [1.82, 2.24) is 4.98 Å². The number of anilines is 1. The van der Waals surface area contributed by atoms with E-state index in [9.17, 15) is 9.18 Å². The summed E-state index contributed by atoms with van der Waals surface area (Å²) in [4.78, 5) is 18.3. The van der Waals surface area contributed by atoms with Crippen LogP contribution in [-0.2, 0) is 11.2 Å². The second-order valence-corrected chi connectivity index (χ2v) is 6.41. The minimum absolute atomic E-state index is 0.0250. The molecule has 0 N–H and O–H groups in total. The SMILES string of the molecule is Cc1csc(N(C)C(=O)Cc2ccc(-c3ccccc3F)cc2)n1. The molecule has 0 fully saturated rings. The number of nitrogens with zero attached hydrogens (tertiary/aromatic N) is 2. The van der Waals surface area contributed by atoms with E-state index >= 15 is 0 Å². The fourth-order valence-corrected chi connectivity index (χ4v) is 3.18. The highest BCUT2D eigenvalue weighted by atomic mass is 32.1. The molecule has 3 aromatic rings. The van der Waals surface area contributed by atoms with Gasteiger partial charge >= 0.3 is 0 Å². The van der Waals surface area contributed by atoms with Gasteiger partial charge in [-0.2, -0.15) is 0 Å². The van der Waals surface area contributed by atoms with Crippen LogP contribution in [0.3, 0.4) is 0 Å². The predicted octanol–water partition coefficient (Wildman–Crippen LogP) is 4.46. The zero-order valence-electron chi connectivity index (χ0n) is 13.5. The van der Waals surface area contributed by atoms with Crippen LogP contribution in [0.5, 0.6) is 0 Å². The second-order valence-electron chi connectivity index (χ2n) is 5.58. The van der Waals surface area contributed by atoms with Crippen molar-refractivity contribution in [3.8, 4) is 11.1 Å². The van der Waals surface area contributed by atoms with Gasteiger partial charge in [-0.25, -0.2) is 9.37 Å². The van der Waals surface area contributed by atoms with Gasteiger partial charge in [0.05, 0.1) is 12.1 Å². The molecule has 1 amide bonds. The molecule has 0 aliphatic heterocycles. The van der Waals surface area contributed by atoms with Gasteiger partial charge in [0.2, 0.25) is 5.91 Å². The van der Waals surface area contributed by atoms with Crippen LogP contribution in [0.2, 0.25) is 0 Å². The Morgan fingerprint density at radius 1 is 1.17 bits per heavy atom. The largest absolute Gasteiger partial charge is 0.291 e. The van der Waals surface area contributed by atoms with E-state index in [2.05, 4.69) is 4.98 Å². The van der Waals surface area contributed by atoms with Gasteiger partial charge in [-0.3, -0.25) is 9.69 Å². The van der Waals surface area contributed by atoms with Crippen LogP contribution in [0.15, 0.2) is 53.9 Å². The zero-order chi connectivity index (χ0) is 17.1. The van der Waals surface area contributed by atoms with Gasteiger partial charge in [-0.05, 0) is 24.1 Å². The van der Waals surface area contributed by atoms with Crippen LogP contribution in [0, 0.1) is 12.7 Å². The minimum Gasteiger partial charge on any atom is -0.291 e. The van der Waals surface area contributed by atoms with Gasteiger partial charge in [0.15, 0.2) is 5.13 Å². The predicted molar refractivity (Wildman–Crippen MR) is 95.8 cm³/mol. The minimum atomic E-state index is -0.250. The number of aromatic nitrogens is 1. The Kier molecular flexibility index (Phi) is 4.71. The molecule has 5 heteroatoms. The summed E-state index contributed by atoms with van der Waals surface area (Å²) in [7, 11) is 1.73. The lowest BCUT2D eigenvalue weighted by Crippen LogP contribution is -2.27. The molecule has 3 nitrogen and oxygen atoms in total. The van der Waals surface area contributed by atoms with Gasteiger partial charge < -0.3 is 0 Å². The molecule has 0 aliphatic carbocycles. The number of amides is 1. The number of thiazole rings is 1. The fraction of sp³-hybridized carbons (Fsp3) is 0.158. The number of likely N-dealkylation sites (N-methyl/N-ethyl adjacent to an activating group) is 1. The number of benzene rings is 2. The standard InChI is InChI=1S/C19H17FN2OS/c1-13-12-24-19(21-13)22(2)18(23)11-14-7-9-15(10-8-14)16-5-3-4-6-17(16)20/h3-10,12H,11H2,1-2H3. The molecule has 24 heavy (non-hydrogen) atoms. The maximum Gasteiger partial charge on any atom is 0.232 e. The molecule has 0 aliphatic rings. The molecular weight excluding hydrogens is 323 g/mol. The van der Waals surface area contributed by atoms with Crippen LogP contribution < -0.4 is 4.90 Å².